The predicted molar refractivity (Wildman–Crippen MR) is 177 cm³/mol. The van der Waals surface area contributed by atoms with Gasteiger partial charge in [0.1, 0.15) is 11.2 Å². The van der Waals surface area contributed by atoms with Gasteiger partial charge in [0.05, 0.1) is 11.0 Å². The Labute approximate surface area is 243 Å². The van der Waals surface area contributed by atoms with E-state index in [1.54, 1.807) is 0 Å². The fourth-order valence-corrected chi connectivity index (χ4v) is 7.88. The van der Waals surface area contributed by atoms with Crippen molar-refractivity contribution in [2.24, 2.45) is 0 Å². The van der Waals surface area contributed by atoms with Gasteiger partial charge in [0.25, 0.3) is 0 Å². The molecule has 0 spiro atoms. The Balaban J connectivity index is 1.45. The molecule has 0 aliphatic carbocycles. The van der Waals surface area contributed by atoms with Crippen molar-refractivity contribution in [2.45, 2.75) is 13.8 Å². The lowest BCUT2D eigenvalue weighted by Crippen LogP contribution is -2.60. The molecule has 0 fully saturated rings. The van der Waals surface area contributed by atoms with Crippen molar-refractivity contribution >= 4 is 72.9 Å². The van der Waals surface area contributed by atoms with Crippen LogP contribution < -0.4 is 15.7 Å². The van der Waals surface area contributed by atoms with E-state index in [0.29, 0.717) is 0 Å². The number of anilines is 2. The van der Waals surface area contributed by atoms with Crippen molar-refractivity contribution in [3.63, 3.8) is 0 Å². The summed E-state index contributed by atoms with van der Waals surface area (Å²) in [4.78, 5) is 2.58. The Morgan fingerprint density at radius 1 is 0.619 bits per heavy atom. The maximum Gasteiger partial charge on any atom is 0.333 e. The third-order valence-corrected chi connectivity index (χ3v) is 9.52. The van der Waals surface area contributed by atoms with E-state index in [0.717, 1.165) is 21.9 Å². The van der Waals surface area contributed by atoms with Crippen molar-refractivity contribution in [1.82, 2.24) is 4.57 Å². The zero-order chi connectivity index (χ0) is 27.7. The largest absolute Gasteiger partial charge is 0.455 e. The normalized spacial score (nSPS) is 13.4. The first-order valence-corrected chi connectivity index (χ1v) is 14.7. The predicted octanol–water partition coefficient (Wildman–Crippen LogP) is 8.54. The Hall–Kier alpha value is -5.22. The number of rotatable bonds is 1. The second kappa shape index (κ2) is 7.74. The lowest BCUT2D eigenvalue weighted by molar-refractivity contribution is 0.670. The van der Waals surface area contributed by atoms with Crippen LogP contribution in [0.3, 0.4) is 0 Å². The number of furan rings is 1. The molecule has 0 radical (unpaired) electrons. The molecule has 6 aromatic carbocycles. The standard InChI is InChI=1S/C38H25BN2O/c1-22-20-28-35-32(19-18-27-25-12-5-8-17-34(25)42-38(27)35)41(30-15-6-3-10-23(30)2)39-29-14-9-13-26-24-11-4-7-16-31(24)40(37(26)29)33(21-22)36(28)39/h3-21H,1-2H3. The summed E-state index contributed by atoms with van der Waals surface area (Å²) in [6.07, 6.45) is 0. The molecule has 2 aliphatic heterocycles. The highest BCUT2D eigenvalue weighted by atomic mass is 16.3. The maximum atomic E-state index is 6.74. The third-order valence-electron chi connectivity index (χ3n) is 9.52. The van der Waals surface area contributed by atoms with Crippen LogP contribution in [0.2, 0.25) is 0 Å². The lowest BCUT2D eigenvalue weighted by atomic mass is 9.44. The lowest BCUT2D eigenvalue weighted by Gasteiger charge is -2.42. The summed E-state index contributed by atoms with van der Waals surface area (Å²) in [6.45, 7) is 4.47. The summed E-state index contributed by atoms with van der Waals surface area (Å²) >= 11 is 0. The Bertz CT molecular complexity index is 2460. The molecule has 3 nitrogen and oxygen atoms in total. The Morgan fingerprint density at radius 3 is 2.31 bits per heavy atom. The van der Waals surface area contributed by atoms with E-state index in [4.69, 9.17) is 4.42 Å². The van der Waals surface area contributed by atoms with E-state index in [1.165, 1.54) is 72.0 Å². The van der Waals surface area contributed by atoms with Crippen LogP contribution in [0.5, 0.6) is 0 Å². The van der Waals surface area contributed by atoms with E-state index in [-0.39, 0.29) is 6.85 Å². The fourth-order valence-electron chi connectivity index (χ4n) is 7.88. The second-order valence-electron chi connectivity index (χ2n) is 11.8. The molecule has 0 N–H and O–H groups in total. The van der Waals surface area contributed by atoms with E-state index in [9.17, 15) is 0 Å². The molecule has 196 valence electrons. The number of aromatic nitrogens is 1. The smallest absolute Gasteiger partial charge is 0.333 e. The van der Waals surface area contributed by atoms with Crippen LogP contribution in [0.25, 0.3) is 60.6 Å². The summed E-state index contributed by atoms with van der Waals surface area (Å²) < 4.78 is 9.25. The molecule has 0 saturated heterocycles. The van der Waals surface area contributed by atoms with E-state index >= 15 is 0 Å². The number of para-hydroxylation sites is 4. The molecular weight excluding hydrogens is 511 g/mol. The number of hydrogen-bond donors (Lipinski definition) is 0. The zero-order valence-corrected chi connectivity index (χ0v) is 23.3. The average Bonchev–Trinajstić information content (AvgIpc) is 3.56. The van der Waals surface area contributed by atoms with E-state index in [1.807, 2.05) is 0 Å². The van der Waals surface area contributed by atoms with E-state index in [2.05, 4.69) is 138 Å². The maximum absolute atomic E-state index is 6.74. The third kappa shape index (κ3) is 2.63. The van der Waals surface area contributed by atoms with Crippen LogP contribution >= 0.6 is 0 Å². The van der Waals surface area contributed by atoms with Gasteiger partial charge in [-0.25, -0.2) is 0 Å². The first kappa shape index (κ1) is 22.5. The van der Waals surface area contributed by atoms with Gasteiger partial charge in [-0.3, -0.25) is 0 Å². The van der Waals surface area contributed by atoms with Crippen LogP contribution in [0.1, 0.15) is 11.1 Å². The summed E-state index contributed by atoms with van der Waals surface area (Å²) in [7, 11) is 0. The highest BCUT2D eigenvalue weighted by Gasteiger charge is 2.45. The highest BCUT2D eigenvalue weighted by Crippen LogP contribution is 2.49. The molecule has 2 aliphatic rings. The summed E-state index contributed by atoms with van der Waals surface area (Å²) in [5.74, 6) is 0. The number of nitrogens with zero attached hydrogens (tertiary/aromatic N) is 2. The van der Waals surface area contributed by atoms with Gasteiger partial charge in [0.15, 0.2) is 0 Å². The average molecular weight is 536 g/mol. The Kier molecular flexibility index (Phi) is 4.14. The molecule has 4 heterocycles. The van der Waals surface area contributed by atoms with Crippen LogP contribution in [-0.4, -0.2) is 11.4 Å². The number of hydrogen-bond acceptors (Lipinski definition) is 2. The van der Waals surface area contributed by atoms with Gasteiger partial charge in [0.2, 0.25) is 0 Å². The second-order valence-corrected chi connectivity index (χ2v) is 11.8. The quantitative estimate of drug-likeness (QED) is 0.196. The van der Waals surface area contributed by atoms with Crippen molar-refractivity contribution < 1.29 is 4.42 Å². The van der Waals surface area contributed by atoms with Gasteiger partial charge in [-0.05, 0) is 77.9 Å². The first-order valence-electron chi connectivity index (χ1n) is 14.7. The van der Waals surface area contributed by atoms with Gasteiger partial charge in [0, 0.05) is 44.2 Å². The number of aryl methyl sites for hydroxylation is 2. The minimum atomic E-state index is 0.0199. The van der Waals surface area contributed by atoms with Gasteiger partial charge in [-0.2, -0.15) is 0 Å². The molecule has 0 bridgehead atoms. The molecule has 0 saturated carbocycles. The highest BCUT2D eigenvalue weighted by molar-refractivity contribution is 6.93. The zero-order valence-electron chi connectivity index (χ0n) is 23.3. The van der Waals surface area contributed by atoms with Crippen LogP contribution in [0.4, 0.5) is 11.4 Å². The molecule has 4 heteroatoms. The summed E-state index contributed by atoms with van der Waals surface area (Å²) in [5, 5.41) is 4.92. The summed E-state index contributed by atoms with van der Waals surface area (Å²) in [6, 6.07) is 42.2. The molecule has 42 heavy (non-hydrogen) atoms. The van der Waals surface area contributed by atoms with Gasteiger partial charge in [-0.1, -0.05) is 78.9 Å². The Morgan fingerprint density at radius 2 is 1.40 bits per heavy atom. The molecule has 2 aromatic heterocycles. The van der Waals surface area contributed by atoms with Crippen molar-refractivity contribution in [1.29, 1.82) is 0 Å². The van der Waals surface area contributed by atoms with Crippen LogP contribution in [0, 0.1) is 13.8 Å². The van der Waals surface area contributed by atoms with Crippen LogP contribution in [0.15, 0.2) is 120 Å². The fraction of sp³-hybridized carbons (Fsp3) is 0.0526. The van der Waals surface area contributed by atoms with Crippen molar-refractivity contribution in [2.75, 3.05) is 4.81 Å². The number of fused-ring (bicyclic) bond motifs is 11. The molecule has 0 atom stereocenters. The molecule has 8 aromatic rings. The van der Waals surface area contributed by atoms with E-state index < -0.39 is 0 Å². The minimum absolute atomic E-state index is 0.0199. The van der Waals surface area contributed by atoms with Gasteiger partial charge in [-0.15, -0.1) is 0 Å². The first-order chi connectivity index (χ1) is 20.7. The molecule has 10 rings (SSSR count). The number of benzene rings is 6. The minimum Gasteiger partial charge on any atom is -0.455 e. The van der Waals surface area contributed by atoms with Gasteiger partial charge >= 0.3 is 6.85 Å². The van der Waals surface area contributed by atoms with Crippen LogP contribution in [-0.2, 0) is 0 Å². The monoisotopic (exact) mass is 536 g/mol. The van der Waals surface area contributed by atoms with Gasteiger partial charge < -0.3 is 13.8 Å². The van der Waals surface area contributed by atoms with Crippen molar-refractivity contribution in [3.8, 4) is 16.8 Å². The topological polar surface area (TPSA) is 21.3 Å². The summed E-state index contributed by atoms with van der Waals surface area (Å²) in [5.41, 5.74) is 15.7. The SMILES string of the molecule is Cc1cc2c3c(c1)-n1c4ccccc4c4cccc(c41)B3N(c1ccccc1C)c1ccc3c(oc4ccccc43)c1-2. The molecular formula is C38H25BN2O. The molecule has 0 unspecified atom stereocenters. The molecule has 0 amide bonds. The van der Waals surface area contributed by atoms with Crippen molar-refractivity contribution in [3.05, 3.63) is 126 Å².